The second-order valence-electron chi connectivity index (χ2n) is 4.47. The van der Waals surface area contributed by atoms with Crippen molar-refractivity contribution in [3.05, 3.63) is 0 Å². The summed E-state index contributed by atoms with van der Waals surface area (Å²) in [5.74, 6) is 2.11. The van der Waals surface area contributed by atoms with E-state index in [9.17, 15) is 4.79 Å². The summed E-state index contributed by atoms with van der Waals surface area (Å²) in [5.41, 5.74) is 0. The zero-order valence-corrected chi connectivity index (χ0v) is 8.31. The van der Waals surface area contributed by atoms with Crippen molar-refractivity contribution in [2.24, 2.45) is 11.8 Å². The molecule has 1 unspecified atom stereocenters. The molecule has 1 nitrogen and oxygen atoms in total. The van der Waals surface area contributed by atoms with Crippen LogP contribution in [0, 0.1) is 11.8 Å². The lowest BCUT2D eigenvalue weighted by Gasteiger charge is -2.15. The van der Waals surface area contributed by atoms with Gasteiger partial charge in [0.1, 0.15) is 5.78 Å². The largest absolute Gasteiger partial charge is 0.300 e. The maximum Gasteiger partial charge on any atom is 0.132 e. The number of ketones is 1. The summed E-state index contributed by atoms with van der Waals surface area (Å²) in [6.45, 7) is 4.54. The summed E-state index contributed by atoms with van der Waals surface area (Å²) in [6.07, 6.45) is 6.57. The lowest BCUT2D eigenvalue weighted by Crippen LogP contribution is -2.03. The maximum atomic E-state index is 11.1. The molecule has 0 spiro atoms. The highest BCUT2D eigenvalue weighted by Gasteiger charge is 2.16. The first-order valence-corrected chi connectivity index (χ1v) is 5.20. The Morgan fingerprint density at radius 1 is 1.33 bits per heavy atom. The van der Waals surface area contributed by atoms with Crippen LogP contribution in [0.4, 0.5) is 0 Å². The average Bonchev–Trinajstić information content (AvgIpc) is 2.15. The van der Waals surface area contributed by atoms with Crippen molar-refractivity contribution in [2.45, 2.75) is 52.4 Å². The average molecular weight is 168 g/mol. The normalized spacial score (nSPS) is 25.9. The van der Waals surface area contributed by atoms with Gasteiger partial charge in [0.15, 0.2) is 0 Å². The van der Waals surface area contributed by atoms with Crippen molar-refractivity contribution in [1.82, 2.24) is 0 Å². The van der Waals surface area contributed by atoms with Gasteiger partial charge in [-0.1, -0.05) is 20.3 Å². The molecule has 12 heavy (non-hydrogen) atoms. The smallest absolute Gasteiger partial charge is 0.132 e. The second kappa shape index (κ2) is 4.64. The monoisotopic (exact) mass is 168 g/mol. The predicted octanol–water partition coefficient (Wildman–Crippen LogP) is 3.18. The molecule has 70 valence electrons. The fourth-order valence-electron chi connectivity index (χ4n) is 2.12. The van der Waals surface area contributed by atoms with Gasteiger partial charge in [-0.2, -0.15) is 0 Å². The molecule has 1 fully saturated rings. The van der Waals surface area contributed by atoms with E-state index < -0.39 is 0 Å². The zero-order valence-electron chi connectivity index (χ0n) is 8.31. The molecule has 1 atom stereocenters. The Morgan fingerprint density at radius 2 is 2.08 bits per heavy atom. The molecule has 0 N–H and O–H groups in total. The van der Waals surface area contributed by atoms with Gasteiger partial charge in [-0.25, -0.2) is 0 Å². The quantitative estimate of drug-likeness (QED) is 0.579. The van der Waals surface area contributed by atoms with Crippen molar-refractivity contribution < 1.29 is 4.79 Å². The van der Waals surface area contributed by atoms with Crippen molar-refractivity contribution >= 4 is 5.78 Å². The van der Waals surface area contributed by atoms with E-state index in [0.717, 1.165) is 37.5 Å². The molecule has 0 radical (unpaired) electrons. The SMILES string of the molecule is CC(C)CC1CCCC(=O)CC1. The molecule has 0 bridgehead atoms. The van der Waals surface area contributed by atoms with Crippen LogP contribution in [0.5, 0.6) is 0 Å². The molecule has 1 heteroatoms. The topological polar surface area (TPSA) is 17.1 Å². The first-order valence-electron chi connectivity index (χ1n) is 5.20. The van der Waals surface area contributed by atoms with Crippen molar-refractivity contribution in [3.8, 4) is 0 Å². The van der Waals surface area contributed by atoms with E-state index in [2.05, 4.69) is 13.8 Å². The van der Waals surface area contributed by atoms with Crippen molar-refractivity contribution in [1.29, 1.82) is 0 Å². The first-order chi connectivity index (χ1) is 5.68. The number of Topliss-reactive ketones (excluding diaryl/α,β-unsaturated/α-hetero) is 1. The predicted molar refractivity (Wildman–Crippen MR) is 51.0 cm³/mol. The molecular weight excluding hydrogens is 148 g/mol. The van der Waals surface area contributed by atoms with Crippen molar-refractivity contribution in [3.63, 3.8) is 0 Å². The summed E-state index contributed by atoms with van der Waals surface area (Å²) >= 11 is 0. The van der Waals surface area contributed by atoms with E-state index >= 15 is 0 Å². The molecule has 0 amide bonds. The van der Waals surface area contributed by atoms with E-state index in [1.165, 1.54) is 12.8 Å². The molecule has 0 aromatic heterocycles. The molecule has 1 saturated carbocycles. The molecule has 0 aromatic rings. The highest BCUT2D eigenvalue weighted by molar-refractivity contribution is 5.78. The second-order valence-corrected chi connectivity index (χ2v) is 4.47. The summed E-state index contributed by atoms with van der Waals surface area (Å²) in [5, 5.41) is 0. The van der Waals surface area contributed by atoms with Crippen LogP contribution in [0.3, 0.4) is 0 Å². The van der Waals surface area contributed by atoms with Gasteiger partial charge in [0.05, 0.1) is 0 Å². The third kappa shape index (κ3) is 3.38. The van der Waals surface area contributed by atoms with Crippen LogP contribution in [-0.2, 0) is 4.79 Å². The summed E-state index contributed by atoms with van der Waals surface area (Å²) in [4.78, 5) is 11.1. The number of carbonyl (C=O) groups excluding carboxylic acids is 1. The molecule has 1 aliphatic carbocycles. The molecular formula is C11H20O. The maximum absolute atomic E-state index is 11.1. The first kappa shape index (κ1) is 9.76. The van der Waals surface area contributed by atoms with Crippen LogP contribution in [0.1, 0.15) is 52.4 Å². The lowest BCUT2D eigenvalue weighted by atomic mass is 9.91. The van der Waals surface area contributed by atoms with Crippen LogP contribution in [0.2, 0.25) is 0 Å². The number of carbonyl (C=O) groups is 1. The van der Waals surface area contributed by atoms with Gasteiger partial charge in [0.25, 0.3) is 0 Å². The van der Waals surface area contributed by atoms with E-state index in [4.69, 9.17) is 0 Å². The van der Waals surface area contributed by atoms with Crippen LogP contribution in [0.15, 0.2) is 0 Å². The minimum atomic E-state index is 0.487. The fourth-order valence-corrected chi connectivity index (χ4v) is 2.12. The minimum absolute atomic E-state index is 0.487. The molecule has 0 aliphatic heterocycles. The third-order valence-electron chi connectivity index (χ3n) is 2.70. The van der Waals surface area contributed by atoms with E-state index in [-0.39, 0.29) is 0 Å². The van der Waals surface area contributed by atoms with E-state index in [0.29, 0.717) is 5.78 Å². The van der Waals surface area contributed by atoms with Crippen LogP contribution >= 0.6 is 0 Å². The summed E-state index contributed by atoms with van der Waals surface area (Å²) < 4.78 is 0. The molecule has 0 heterocycles. The third-order valence-corrected chi connectivity index (χ3v) is 2.70. The lowest BCUT2D eigenvalue weighted by molar-refractivity contribution is -0.118. The van der Waals surface area contributed by atoms with Gasteiger partial charge in [-0.3, -0.25) is 4.79 Å². The van der Waals surface area contributed by atoms with E-state index in [1.807, 2.05) is 0 Å². The number of hydrogen-bond acceptors (Lipinski definition) is 1. The molecule has 1 rings (SSSR count). The van der Waals surface area contributed by atoms with Gasteiger partial charge in [0, 0.05) is 12.8 Å². The standard InChI is InChI=1S/C11H20O/c1-9(2)8-10-4-3-5-11(12)7-6-10/h9-10H,3-8H2,1-2H3. The van der Waals surface area contributed by atoms with Crippen LogP contribution < -0.4 is 0 Å². The molecule has 0 aromatic carbocycles. The Morgan fingerprint density at radius 3 is 2.75 bits per heavy atom. The Kier molecular flexibility index (Phi) is 3.77. The summed E-state index contributed by atoms with van der Waals surface area (Å²) in [6, 6.07) is 0. The van der Waals surface area contributed by atoms with E-state index in [1.54, 1.807) is 0 Å². The Bertz CT molecular complexity index is 149. The fraction of sp³-hybridized carbons (Fsp3) is 0.909. The van der Waals surface area contributed by atoms with Crippen molar-refractivity contribution in [2.75, 3.05) is 0 Å². The summed E-state index contributed by atoms with van der Waals surface area (Å²) in [7, 11) is 0. The van der Waals surface area contributed by atoms with Gasteiger partial charge in [-0.15, -0.1) is 0 Å². The highest BCUT2D eigenvalue weighted by atomic mass is 16.1. The number of rotatable bonds is 2. The Labute approximate surface area is 75.5 Å². The molecule has 1 aliphatic rings. The van der Waals surface area contributed by atoms with Gasteiger partial charge in [0.2, 0.25) is 0 Å². The highest BCUT2D eigenvalue weighted by Crippen LogP contribution is 2.26. The van der Waals surface area contributed by atoms with Gasteiger partial charge >= 0.3 is 0 Å². The van der Waals surface area contributed by atoms with Crippen LogP contribution in [-0.4, -0.2) is 5.78 Å². The van der Waals surface area contributed by atoms with Crippen LogP contribution in [0.25, 0.3) is 0 Å². The Balaban J connectivity index is 2.30. The zero-order chi connectivity index (χ0) is 8.97. The minimum Gasteiger partial charge on any atom is -0.300 e. The Hall–Kier alpha value is -0.330. The van der Waals surface area contributed by atoms with Gasteiger partial charge in [-0.05, 0) is 31.1 Å². The molecule has 0 saturated heterocycles. The number of hydrogen-bond donors (Lipinski definition) is 0. The van der Waals surface area contributed by atoms with Gasteiger partial charge < -0.3 is 0 Å².